The Bertz CT molecular complexity index is 536. The molecule has 0 unspecified atom stereocenters. The van der Waals surface area contributed by atoms with Gasteiger partial charge in [-0.15, -0.1) is 0 Å². The summed E-state index contributed by atoms with van der Waals surface area (Å²) in [4.78, 5) is 11.6. The molecule has 2 aliphatic rings. The van der Waals surface area contributed by atoms with E-state index in [1.54, 1.807) is 7.11 Å². The summed E-state index contributed by atoms with van der Waals surface area (Å²) < 4.78 is 17.0. The number of carbonyl (C=O) groups excluding carboxylic acids is 1. The Balaban J connectivity index is 2.35. The number of rotatable bonds is 5. The van der Waals surface area contributed by atoms with Crippen molar-refractivity contribution in [2.75, 3.05) is 13.9 Å². The van der Waals surface area contributed by atoms with Crippen molar-refractivity contribution in [1.29, 1.82) is 0 Å². The van der Waals surface area contributed by atoms with Crippen LogP contribution in [0.4, 0.5) is 0 Å². The molecule has 0 heterocycles. The number of ether oxygens (including phenoxy) is 3. The Morgan fingerprint density at radius 2 is 2.00 bits per heavy atom. The average molecular weight is 379 g/mol. The molecule has 0 radical (unpaired) electrons. The lowest BCUT2D eigenvalue weighted by atomic mass is 9.64. The number of fused-ring (bicyclic) bond motifs is 1. The van der Waals surface area contributed by atoms with E-state index in [4.69, 9.17) is 14.2 Å². The molecular formula is C23H38O4. The first-order chi connectivity index (χ1) is 12.8. The summed E-state index contributed by atoms with van der Waals surface area (Å²) >= 11 is 0. The molecule has 0 aliphatic heterocycles. The maximum Gasteiger partial charge on any atom is 0.302 e. The van der Waals surface area contributed by atoms with E-state index in [1.807, 2.05) is 0 Å². The molecule has 0 aromatic heterocycles. The van der Waals surface area contributed by atoms with Gasteiger partial charge in [-0.3, -0.25) is 4.79 Å². The molecule has 0 fully saturated rings. The van der Waals surface area contributed by atoms with Crippen LogP contribution in [0.15, 0.2) is 23.8 Å². The van der Waals surface area contributed by atoms with Crippen LogP contribution >= 0.6 is 0 Å². The van der Waals surface area contributed by atoms with Gasteiger partial charge in [-0.2, -0.15) is 0 Å². The quantitative estimate of drug-likeness (QED) is 0.377. The molecule has 154 valence electrons. The lowest BCUT2D eigenvalue weighted by molar-refractivity contribution is -0.148. The Morgan fingerprint density at radius 1 is 1.26 bits per heavy atom. The van der Waals surface area contributed by atoms with E-state index in [1.165, 1.54) is 12.5 Å². The fourth-order valence-electron chi connectivity index (χ4n) is 4.89. The molecule has 0 aromatic carbocycles. The van der Waals surface area contributed by atoms with Crippen LogP contribution in [0.1, 0.15) is 60.3 Å². The van der Waals surface area contributed by atoms with Gasteiger partial charge in [-0.1, -0.05) is 44.6 Å². The highest BCUT2D eigenvalue weighted by Gasteiger charge is 2.39. The van der Waals surface area contributed by atoms with Crippen molar-refractivity contribution in [2.24, 2.45) is 29.6 Å². The maximum atomic E-state index is 11.6. The molecule has 2 aliphatic carbocycles. The fraction of sp³-hybridized carbons (Fsp3) is 0.783. The van der Waals surface area contributed by atoms with E-state index in [0.29, 0.717) is 36.4 Å². The summed E-state index contributed by atoms with van der Waals surface area (Å²) in [5.74, 6) is 2.30. The molecule has 0 bridgehead atoms. The van der Waals surface area contributed by atoms with Gasteiger partial charge in [0.2, 0.25) is 0 Å². The second-order valence-corrected chi connectivity index (χ2v) is 8.70. The Hall–Kier alpha value is -1.13. The Morgan fingerprint density at radius 3 is 2.63 bits per heavy atom. The van der Waals surface area contributed by atoms with E-state index >= 15 is 0 Å². The molecule has 0 aromatic rings. The summed E-state index contributed by atoms with van der Waals surface area (Å²) in [6.07, 6.45) is 10.7. The van der Waals surface area contributed by atoms with Gasteiger partial charge in [0.25, 0.3) is 0 Å². The second-order valence-electron chi connectivity index (χ2n) is 8.70. The van der Waals surface area contributed by atoms with Gasteiger partial charge in [-0.05, 0) is 49.9 Å². The normalized spacial score (nSPS) is 35.9. The number of hydrogen-bond donors (Lipinski definition) is 0. The van der Waals surface area contributed by atoms with E-state index in [-0.39, 0.29) is 18.2 Å². The monoisotopic (exact) mass is 378 g/mol. The van der Waals surface area contributed by atoms with Crippen LogP contribution in [0.2, 0.25) is 0 Å². The molecule has 0 saturated heterocycles. The van der Waals surface area contributed by atoms with Crippen molar-refractivity contribution in [2.45, 2.75) is 72.5 Å². The third-order valence-corrected chi connectivity index (χ3v) is 6.40. The summed E-state index contributed by atoms with van der Waals surface area (Å²) in [5.41, 5.74) is 1.46. The number of carbonyl (C=O) groups is 1. The van der Waals surface area contributed by atoms with Gasteiger partial charge in [-0.25, -0.2) is 0 Å². The summed E-state index contributed by atoms with van der Waals surface area (Å²) in [7, 11) is 1.67. The van der Waals surface area contributed by atoms with Crippen molar-refractivity contribution >= 4 is 5.97 Å². The number of hydrogen-bond acceptors (Lipinski definition) is 4. The van der Waals surface area contributed by atoms with Gasteiger partial charge in [0.15, 0.2) is 0 Å². The molecule has 0 saturated carbocycles. The highest BCUT2D eigenvalue weighted by Crippen LogP contribution is 2.45. The van der Waals surface area contributed by atoms with Crippen LogP contribution < -0.4 is 0 Å². The van der Waals surface area contributed by atoms with E-state index in [2.05, 4.69) is 45.9 Å². The van der Waals surface area contributed by atoms with Crippen LogP contribution in [-0.2, 0) is 19.0 Å². The first kappa shape index (κ1) is 22.2. The van der Waals surface area contributed by atoms with Crippen LogP contribution in [-0.4, -0.2) is 32.1 Å². The summed E-state index contributed by atoms with van der Waals surface area (Å²) in [6.45, 7) is 10.9. The molecule has 4 nitrogen and oxygen atoms in total. The molecule has 27 heavy (non-hydrogen) atoms. The Labute approximate surface area is 165 Å². The van der Waals surface area contributed by atoms with Crippen molar-refractivity contribution in [1.82, 2.24) is 0 Å². The maximum absolute atomic E-state index is 11.6. The van der Waals surface area contributed by atoms with Gasteiger partial charge in [0, 0.05) is 26.4 Å². The van der Waals surface area contributed by atoms with Crippen molar-refractivity contribution in [3.63, 3.8) is 0 Å². The first-order valence-electron chi connectivity index (χ1n) is 10.4. The lowest BCUT2D eigenvalue weighted by Crippen LogP contribution is -2.38. The minimum atomic E-state index is -0.180. The number of methoxy groups -OCH3 is 1. The zero-order valence-electron chi connectivity index (χ0n) is 17.9. The standard InChI is InChI=1S/C23H38O4/c1-15(2)20-11-10-16(3)21-13-23(26-14-25-6)17(4)8-7-9-19(12-22(20)21)27-18(5)24/h7-8,10,15,17,19-23H,9,11-14H2,1-6H3/b8-7-/t17-,19+,20-,21+,22-,23+/m1/s1. The molecule has 0 spiro atoms. The zero-order valence-corrected chi connectivity index (χ0v) is 17.9. The molecule has 2 rings (SSSR count). The molecule has 6 atom stereocenters. The van der Waals surface area contributed by atoms with Crippen molar-refractivity contribution in [3.05, 3.63) is 23.8 Å². The Kier molecular flexibility index (Phi) is 8.56. The van der Waals surface area contributed by atoms with E-state index in [0.717, 1.165) is 25.7 Å². The average Bonchev–Trinajstić information content (AvgIpc) is 2.59. The van der Waals surface area contributed by atoms with Gasteiger partial charge in [0.1, 0.15) is 12.9 Å². The third kappa shape index (κ3) is 6.18. The minimum Gasteiger partial charge on any atom is -0.462 e. The predicted octanol–water partition coefficient (Wildman–Crippen LogP) is 5.14. The van der Waals surface area contributed by atoms with Gasteiger partial charge in [0.05, 0.1) is 6.10 Å². The zero-order chi connectivity index (χ0) is 20.0. The SMILES string of the molecule is COCO[C@H]1C[C@H]2C(C)=CC[C@H](C(C)C)[C@H]2C[C@@H](OC(C)=O)C/C=C\[C@H]1C. The number of allylic oxidation sites excluding steroid dienone is 2. The van der Waals surface area contributed by atoms with Crippen LogP contribution in [0.3, 0.4) is 0 Å². The highest BCUT2D eigenvalue weighted by atomic mass is 16.7. The molecule has 0 amide bonds. The van der Waals surface area contributed by atoms with Gasteiger partial charge >= 0.3 is 5.97 Å². The van der Waals surface area contributed by atoms with Crippen LogP contribution in [0.25, 0.3) is 0 Å². The fourth-order valence-corrected chi connectivity index (χ4v) is 4.89. The van der Waals surface area contributed by atoms with Crippen molar-refractivity contribution in [3.8, 4) is 0 Å². The smallest absolute Gasteiger partial charge is 0.302 e. The summed E-state index contributed by atoms with van der Waals surface area (Å²) in [5, 5.41) is 0. The molecule has 4 heteroatoms. The van der Waals surface area contributed by atoms with E-state index in [9.17, 15) is 4.79 Å². The molecular weight excluding hydrogens is 340 g/mol. The van der Waals surface area contributed by atoms with Crippen LogP contribution in [0, 0.1) is 29.6 Å². The predicted molar refractivity (Wildman–Crippen MR) is 108 cm³/mol. The third-order valence-electron chi connectivity index (χ3n) is 6.40. The topological polar surface area (TPSA) is 44.8 Å². The molecule has 0 N–H and O–H groups in total. The largest absolute Gasteiger partial charge is 0.462 e. The first-order valence-corrected chi connectivity index (χ1v) is 10.4. The van der Waals surface area contributed by atoms with Gasteiger partial charge < -0.3 is 14.2 Å². The van der Waals surface area contributed by atoms with Crippen molar-refractivity contribution < 1.29 is 19.0 Å². The summed E-state index contributed by atoms with van der Waals surface area (Å²) in [6, 6.07) is 0. The highest BCUT2D eigenvalue weighted by molar-refractivity contribution is 5.66. The van der Waals surface area contributed by atoms with E-state index < -0.39 is 0 Å². The minimum absolute atomic E-state index is 0.0398. The number of esters is 1. The second kappa shape index (κ2) is 10.4. The van der Waals surface area contributed by atoms with Crippen LogP contribution in [0.5, 0.6) is 0 Å². The lowest BCUT2D eigenvalue weighted by Gasteiger charge is -2.43.